The Kier molecular flexibility index (Phi) is 3.56. The molecule has 0 unspecified atom stereocenters. The first-order valence-electron chi connectivity index (χ1n) is 6.24. The van der Waals surface area contributed by atoms with Gasteiger partial charge >= 0.3 is 5.97 Å². The lowest BCUT2D eigenvalue weighted by Gasteiger charge is -1.99. The number of aliphatic imine (C=N–C) groups is 1. The monoisotopic (exact) mass is 314 g/mol. The van der Waals surface area contributed by atoms with E-state index in [9.17, 15) is 9.59 Å². The van der Waals surface area contributed by atoms with E-state index < -0.39 is 11.9 Å². The number of hydrogen-bond donors (Lipinski definition) is 2. The lowest BCUT2D eigenvalue weighted by molar-refractivity contribution is -0.113. The van der Waals surface area contributed by atoms with E-state index in [1.165, 1.54) is 12.1 Å². The maximum Gasteiger partial charge on any atom is 0.335 e. The number of furan rings is 1. The molecule has 0 fully saturated rings. The zero-order valence-electron chi connectivity index (χ0n) is 11.1. The Morgan fingerprint density at radius 2 is 2.14 bits per heavy atom. The summed E-state index contributed by atoms with van der Waals surface area (Å²) in [6.07, 6.45) is 1.56. The standard InChI is InChI=1S/C15H10N2O4S/c16-15-17-13(18)12(22-15)7-10-4-5-11(21-10)8-2-1-3-9(6-8)14(19)20/h1-7H,(H,19,20)(H2,16,17,18)/b12-7-. The molecule has 3 rings (SSSR count). The van der Waals surface area contributed by atoms with Crippen LogP contribution in [-0.2, 0) is 4.79 Å². The lowest BCUT2D eigenvalue weighted by Crippen LogP contribution is -2.01. The van der Waals surface area contributed by atoms with Crippen LogP contribution in [0.25, 0.3) is 17.4 Å². The number of hydrogen-bond acceptors (Lipinski definition) is 5. The first kappa shape index (κ1) is 14.2. The largest absolute Gasteiger partial charge is 0.478 e. The molecular formula is C15H10N2O4S. The topological polar surface area (TPSA) is 106 Å². The minimum absolute atomic E-state index is 0.177. The molecule has 110 valence electrons. The number of aromatic carboxylic acids is 1. The van der Waals surface area contributed by atoms with Gasteiger partial charge in [-0.3, -0.25) is 4.79 Å². The van der Waals surface area contributed by atoms with Gasteiger partial charge in [0.15, 0.2) is 5.17 Å². The number of carbonyl (C=O) groups excluding carboxylic acids is 1. The molecular weight excluding hydrogens is 304 g/mol. The Morgan fingerprint density at radius 3 is 2.82 bits per heavy atom. The third-order valence-corrected chi connectivity index (χ3v) is 3.74. The maximum absolute atomic E-state index is 11.5. The van der Waals surface area contributed by atoms with Crippen molar-refractivity contribution >= 4 is 34.9 Å². The Morgan fingerprint density at radius 1 is 1.32 bits per heavy atom. The zero-order chi connectivity index (χ0) is 15.7. The average Bonchev–Trinajstić information content (AvgIpc) is 3.06. The van der Waals surface area contributed by atoms with Crippen molar-refractivity contribution in [2.45, 2.75) is 0 Å². The number of benzene rings is 1. The number of nitrogens with zero attached hydrogens (tertiary/aromatic N) is 1. The number of carboxylic acids is 1. The summed E-state index contributed by atoms with van der Waals surface area (Å²) < 4.78 is 5.62. The highest BCUT2D eigenvalue weighted by molar-refractivity contribution is 8.18. The van der Waals surface area contributed by atoms with Crippen LogP contribution in [0.3, 0.4) is 0 Å². The van der Waals surface area contributed by atoms with Gasteiger partial charge in [-0.25, -0.2) is 4.79 Å². The molecule has 3 N–H and O–H groups in total. The van der Waals surface area contributed by atoms with E-state index in [-0.39, 0.29) is 10.7 Å². The molecule has 22 heavy (non-hydrogen) atoms. The quantitative estimate of drug-likeness (QED) is 0.843. The van der Waals surface area contributed by atoms with E-state index in [2.05, 4.69) is 4.99 Å². The number of carbonyl (C=O) groups is 2. The molecule has 0 saturated heterocycles. The van der Waals surface area contributed by atoms with Gasteiger partial charge in [0.1, 0.15) is 11.5 Å². The van der Waals surface area contributed by atoms with E-state index in [4.69, 9.17) is 15.3 Å². The molecule has 2 aromatic rings. The molecule has 1 aromatic carbocycles. The van der Waals surface area contributed by atoms with E-state index >= 15 is 0 Å². The second kappa shape index (κ2) is 5.53. The van der Waals surface area contributed by atoms with Crippen molar-refractivity contribution in [2.24, 2.45) is 10.7 Å². The fraction of sp³-hybridized carbons (Fsp3) is 0. The second-order valence-electron chi connectivity index (χ2n) is 4.45. The highest BCUT2D eigenvalue weighted by Crippen LogP contribution is 2.29. The van der Waals surface area contributed by atoms with Crippen LogP contribution in [0.2, 0.25) is 0 Å². The summed E-state index contributed by atoms with van der Waals surface area (Å²) in [5, 5.41) is 9.21. The molecule has 1 aliphatic rings. The van der Waals surface area contributed by atoms with Gasteiger partial charge in [0.05, 0.1) is 10.5 Å². The molecule has 1 amide bonds. The van der Waals surface area contributed by atoms with Crippen LogP contribution in [0.1, 0.15) is 16.1 Å². The number of amidine groups is 1. The summed E-state index contributed by atoms with van der Waals surface area (Å²) in [5.41, 5.74) is 6.30. The van der Waals surface area contributed by atoms with Crippen molar-refractivity contribution in [3.8, 4) is 11.3 Å². The first-order valence-corrected chi connectivity index (χ1v) is 7.06. The average molecular weight is 314 g/mol. The summed E-state index contributed by atoms with van der Waals surface area (Å²) in [4.78, 5) is 26.5. The van der Waals surface area contributed by atoms with Gasteiger partial charge in [0.25, 0.3) is 5.91 Å². The van der Waals surface area contributed by atoms with Gasteiger partial charge < -0.3 is 15.3 Å². The molecule has 0 radical (unpaired) electrons. The highest BCUT2D eigenvalue weighted by Gasteiger charge is 2.20. The van der Waals surface area contributed by atoms with Crippen molar-refractivity contribution in [1.29, 1.82) is 0 Å². The van der Waals surface area contributed by atoms with Crippen molar-refractivity contribution < 1.29 is 19.1 Å². The van der Waals surface area contributed by atoms with Gasteiger partial charge in [-0.15, -0.1) is 0 Å². The minimum atomic E-state index is -1.00. The Labute approximate surface area is 129 Å². The predicted octanol–water partition coefficient (Wildman–Crippen LogP) is 2.57. The van der Waals surface area contributed by atoms with Crippen molar-refractivity contribution in [2.75, 3.05) is 0 Å². The fourth-order valence-electron chi connectivity index (χ4n) is 1.95. The van der Waals surface area contributed by atoms with E-state index in [1.807, 2.05) is 0 Å². The van der Waals surface area contributed by atoms with Gasteiger partial charge in [0.2, 0.25) is 0 Å². The molecule has 1 aliphatic heterocycles. The summed E-state index contributed by atoms with van der Waals surface area (Å²) in [6, 6.07) is 9.82. The van der Waals surface area contributed by atoms with Crippen LogP contribution in [-0.4, -0.2) is 22.2 Å². The second-order valence-corrected chi connectivity index (χ2v) is 5.52. The summed E-state index contributed by atoms with van der Waals surface area (Å²) >= 11 is 1.08. The normalized spacial score (nSPS) is 16.1. The number of rotatable bonds is 3. The number of carboxylic acid groups (broad SMARTS) is 1. The Balaban J connectivity index is 1.89. The minimum Gasteiger partial charge on any atom is -0.478 e. The Hall–Kier alpha value is -2.80. The highest BCUT2D eigenvalue weighted by atomic mass is 32.2. The summed E-state index contributed by atoms with van der Waals surface area (Å²) in [5.74, 6) is -0.416. The molecule has 0 bridgehead atoms. The molecule has 0 saturated carbocycles. The number of thioether (sulfide) groups is 1. The van der Waals surface area contributed by atoms with Crippen molar-refractivity contribution in [1.82, 2.24) is 0 Å². The van der Waals surface area contributed by atoms with Gasteiger partial charge in [0, 0.05) is 11.6 Å². The zero-order valence-corrected chi connectivity index (χ0v) is 12.0. The van der Waals surface area contributed by atoms with Gasteiger partial charge in [-0.2, -0.15) is 4.99 Å². The Bertz CT molecular complexity index is 836. The third-order valence-electron chi connectivity index (χ3n) is 2.93. The van der Waals surface area contributed by atoms with Crippen LogP contribution >= 0.6 is 11.8 Å². The first-order chi connectivity index (χ1) is 10.5. The molecule has 0 aliphatic carbocycles. The van der Waals surface area contributed by atoms with Crippen molar-refractivity contribution in [3.05, 3.63) is 52.6 Å². The van der Waals surface area contributed by atoms with E-state index in [0.717, 1.165) is 11.8 Å². The molecule has 0 spiro atoms. The predicted molar refractivity (Wildman–Crippen MR) is 83.3 cm³/mol. The van der Waals surface area contributed by atoms with Gasteiger partial charge in [-0.05, 0) is 36.0 Å². The van der Waals surface area contributed by atoms with E-state index in [0.29, 0.717) is 22.0 Å². The maximum atomic E-state index is 11.5. The molecule has 7 heteroatoms. The summed E-state index contributed by atoms with van der Waals surface area (Å²) in [7, 11) is 0. The lowest BCUT2D eigenvalue weighted by atomic mass is 10.1. The number of nitrogens with two attached hydrogens (primary N) is 1. The smallest absolute Gasteiger partial charge is 0.335 e. The SMILES string of the molecule is NC1=NC(=O)/C(=C/c2ccc(-c3cccc(C(=O)O)c3)o2)S1. The van der Waals surface area contributed by atoms with E-state index in [1.54, 1.807) is 30.3 Å². The van der Waals surface area contributed by atoms with Crippen molar-refractivity contribution in [3.63, 3.8) is 0 Å². The van der Waals surface area contributed by atoms with Crippen LogP contribution in [0.5, 0.6) is 0 Å². The number of amides is 1. The van der Waals surface area contributed by atoms with Gasteiger partial charge in [-0.1, -0.05) is 12.1 Å². The van der Waals surface area contributed by atoms with Crippen LogP contribution in [0.15, 0.2) is 50.7 Å². The molecule has 0 atom stereocenters. The van der Waals surface area contributed by atoms with Crippen LogP contribution < -0.4 is 5.73 Å². The van der Waals surface area contributed by atoms with Crippen LogP contribution in [0, 0.1) is 0 Å². The summed E-state index contributed by atoms with van der Waals surface area (Å²) in [6.45, 7) is 0. The molecule has 1 aromatic heterocycles. The third kappa shape index (κ3) is 2.79. The molecule has 2 heterocycles. The fourth-order valence-corrected chi connectivity index (χ4v) is 2.61. The van der Waals surface area contributed by atoms with Crippen LogP contribution in [0.4, 0.5) is 0 Å². The molecule has 6 nitrogen and oxygen atoms in total.